The molecule has 1 aromatic carbocycles. The molecule has 6 nitrogen and oxygen atoms in total. The van der Waals surface area contributed by atoms with Crippen molar-refractivity contribution in [2.75, 3.05) is 19.3 Å². The summed E-state index contributed by atoms with van der Waals surface area (Å²) in [7, 11) is 1.85. The molecule has 22 heavy (non-hydrogen) atoms. The van der Waals surface area contributed by atoms with Crippen LogP contribution >= 0.6 is 11.8 Å². The van der Waals surface area contributed by atoms with E-state index in [0.717, 1.165) is 23.0 Å². The lowest BCUT2D eigenvalue weighted by molar-refractivity contribution is 0.0998. The smallest absolute Gasteiger partial charge is 0.252 e. The van der Waals surface area contributed by atoms with Gasteiger partial charge in [-0.2, -0.15) is 5.10 Å². The number of thioether (sulfide) groups is 1. The second kappa shape index (κ2) is 6.83. The highest BCUT2D eigenvalue weighted by Crippen LogP contribution is 2.23. The number of nitrogens with zero attached hydrogens (tertiary/aromatic N) is 3. The van der Waals surface area contributed by atoms with Crippen molar-refractivity contribution in [3.63, 3.8) is 0 Å². The van der Waals surface area contributed by atoms with Crippen LogP contribution in [0.5, 0.6) is 5.75 Å². The molecular formula is C15H20N4O2S. The molecule has 0 spiro atoms. The summed E-state index contributed by atoms with van der Waals surface area (Å²) < 4.78 is 0. The summed E-state index contributed by atoms with van der Waals surface area (Å²) in [6.45, 7) is 5.00. The summed E-state index contributed by atoms with van der Waals surface area (Å²) in [4.78, 5) is 15.8. The summed E-state index contributed by atoms with van der Waals surface area (Å²) in [5, 5.41) is 16.8. The van der Waals surface area contributed by atoms with Crippen LogP contribution in [-0.4, -0.2) is 46.2 Å². The summed E-state index contributed by atoms with van der Waals surface area (Å²) in [5.74, 6) is 0.385. The van der Waals surface area contributed by atoms with E-state index in [1.54, 1.807) is 28.9 Å². The molecule has 0 saturated heterocycles. The van der Waals surface area contributed by atoms with E-state index in [1.165, 1.54) is 6.07 Å². The van der Waals surface area contributed by atoms with E-state index in [4.69, 9.17) is 5.73 Å². The number of hydrogen-bond donors (Lipinski definition) is 2. The number of hydrazone groups is 1. The van der Waals surface area contributed by atoms with Gasteiger partial charge in [-0.25, -0.2) is 5.01 Å². The fourth-order valence-electron chi connectivity index (χ4n) is 1.94. The van der Waals surface area contributed by atoms with Crippen molar-refractivity contribution < 1.29 is 9.90 Å². The molecule has 0 fully saturated rings. The molecule has 0 aromatic heterocycles. The number of phenols is 1. The summed E-state index contributed by atoms with van der Waals surface area (Å²) in [6.07, 6.45) is 0. The predicted molar refractivity (Wildman–Crippen MR) is 90.5 cm³/mol. The van der Waals surface area contributed by atoms with Crippen molar-refractivity contribution in [3.8, 4) is 5.75 Å². The Kier molecular flexibility index (Phi) is 5.07. The Morgan fingerprint density at radius 1 is 1.55 bits per heavy atom. The van der Waals surface area contributed by atoms with Crippen LogP contribution in [0.25, 0.3) is 0 Å². The molecule has 118 valence electrons. The number of nitrogens with two attached hydrogens (primary N) is 1. The van der Waals surface area contributed by atoms with Crippen LogP contribution in [0, 0.1) is 5.92 Å². The quantitative estimate of drug-likeness (QED) is 0.886. The van der Waals surface area contributed by atoms with Gasteiger partial charge < -0.3 is 10.8 Å². The molecule has 3 N–H and O–H groups in total. The topological polar surface area (TPSA) is 91.3 Å². The highest BCUT2D eigenvalue weighted by atomic mass is 32.2. The average molecular weight is 320 g/mol. The van der Waals surface area contributed by atoms with Gasteiger partial charge in [-0.15, -0.1) is 0 Å². The monoisotopic (exact) mass is 320 g/mol. The number of hydrogen-bond acceptors (Lipinski definition) is 5. The molecule has 0 aliphatic carbocycles. The third-order valence-corrected chi connectivity index (χ3v) is 4.14. The largest absolute Gasteiger partial charge is 0.507 e. The number of aliphatic imine (C=N–C) groups is 1. The zero-order valence-electron chi connectivity index (χ0n) is 12.9. The summed E-state index contributed by atoms with van der Waals surface area (Å²) >= 11 is 1.60. The van der Waals surface area contributed by atoms with Gasteiger partial charge in [0.25, 0.3) is 5.91 Å². The molecule has 1 aliphatic heterocycles. The standard InChI is InChI=1S/C15H20N4O2S/c1-9(2)7-17-15-19(3)18-12(8-22-15)10-4-5-13(20)11(6-10)14(16)21/h4-6,9,20H,7-8H2,1-3H3,(H2,16,21). The first-order chi connectivity index (χ1) is 10.4. The molecule has 0 bridgehead atoms. The molecule has 1 amide bonds. The number of amides is 1. The maximum absolute atomic E-state index is 11.3. The SMILES string of the molecule is CC(C)CN=C1SCC(c2ccc(O)c(C(N)=O)c2)=NN1C. The Morgan fingerprint density at radius 3 is 2.86 bits per heavy atom. The van der Waals surface area contributed by atoms with Gasteiger partial charge in [0.2, 0.25) is 0 Å². The Bertz CT molecular complexity index is 640. The Labute approximate surface area is 134 Å². The number of carbonyl (C=O) groups is 1. The first-order valence-corrected chi connectivity index (χ1v) is 7.98. The number of primary amides is 1. The van der Waals surface area contributed by atoms with E-state index in [1.807, 2.05) is 7.05 Å². The van der Waals surface area contributed by atoms with Crippen molar-refractivity contribution in [3.05, 3.63) is 29.3 Å². The Balaban J connectivity index is 2.25. The lowest BCUT2D eigenvalue weighted by Crippen LogP contribution is -2.28. The van der Waals surface area contributed by atoms with Gasteiger partial charge in [0.05, 0.1) is 11.3 Å². The second-order valence-electron chi connectivity index (χ2n) is 5.47. The van der Waals surface area contributed by atoms with E-state index < -0.39 is 5.91 Å². The maximum atomic E-state index is 11.3. The fraction of sp³-hybridized carbons (Fsp3) is 0.400. The minimum atomic E-state index is -0.657. The lowest BCUT2D eigenvalue weighted by Gasteiger charge is -2.23. The molecular weight excluding hydrogens is 300 g/mol. The highest BCUT2D eigenvalue weighted by Gasteiger charge is 2.19. The van der Waals surface area contributed by atoms with Crippen LogP contribution in [0.2, 0.25) is 0 Å². The molecule has 0 atom stereocenters. The van der Waals surface area contributed by atoms with Gasteiger partial charge in [0.1, 0.15) is 5.75 Å². The lowest BCUT2D eigenvalue weighted by atomic mass is 10.1. The fourth-order valence-corrected chi connectivity index (χ4v) is 2.83. The van der Waals surface area contributed by atoms with Crippen molar-refractivity contribution >= 4 is 28.5 Å². The van der Waals surface area contributed by atoms with Crippen LogP contribution in [-0.2, 0) is 0 Å². The van der Waals surface area contributed by atoms with Crippen LogP contribution in [0.3, 0.4) is 0 Å². The first kappa shape index (κ1) is 16.4. The van der Waals surface area contributed by atoms with Gasteiger partial charge in [0, 0.05) is 19.3 Å². The molecule has 0 unspecified atom stereocenters. The third kappa shape index (κ3) is 3.79. The molecule has 1 aromatic rings. The molecule has 2 rings (SSSR count). The van der Waals surface area contributed by atoms with Gasteiger partial charge in [-0.3, -0.25) is 9.79 Å². The minimum absolute atomic E-state index is 0.104. The van der Waals surface area contributed by atoms with E-state index in [9.17, 15) is 9.90 Å². The zero-order chi connectivity index (χ0) is 16.3. The van der Waals surface area contributed by atoms with Gasteiger partial charge in [0.15, 0.2) is 5.17 Å². The molecule has 1 aliphatic rings. The van der Waals surface area contributed by atoms with E-state index in [2.05, 4.69) is 23.9 Å². The van der Waals surface area contributed by atoms with Crippen molar-refractivity contribution in [2.45, 2.75) is 13.8 Å². The van der Waals surface area contributed by atoms with Crippen LogP contribution in [0.4, 0.5) is 0 Å². The number of carbonyl (C=O) groups excluding carboxylic acids is 1. The molecule has 0 radical (unpaired) electrons. The van der Waals surface area contributed by atoms with Crippen molar-refractivity contribution in [1.82, 2.24) is 5.01 Å². The highest BCUT2D eigenvalue weighted by molar-refractivity contribution is 8.14. The van der Waals surface area contributed by atoms with Crippen molar-refractivity contribution in [1.29, 1.82) is 0 Å². The number of rotatable bonds is 4. The van der Waals surface area contributed by atoms with E-state index in [-0.39, 0.29) is 11.3 Å². The van der Waals surface area contributed by atoms with E-state index >= 15 is 0 Å². The Morgan fingerprint density at radius 2 is 2.27 bits per heavy atom. The van der Waals surface area contributed by atoms with Gasteiger partial charge >= 0.3 is 0 Å². The average Bonchev–Trinajstić information content (AvgIpc) is 2.46. The van der Waals surface area contributed by atoms with Gasteiger partial charge in [-0.1, -0.05) is 25.6 Å². The zero-order valence-corrected chi connectivity index (χ0v) is 13.7. The van der Waals surface area contributed by atoms with Crippen LogP contribution in [0.1, 0.15) is 29.8 Å². The summed E-state index contributed by atoms with van der Waals surface area (Å²) in [6, 6.07) is 4.76. The number of benzene rings is 1. The van der Waals surface area contributed by atoms with Crippen molar-refractivity contribution in [2.24, 2.45) is 21.7 Å². The number of amidine groups is 1. The summed E-state index contributed by atoms with van der Waals surface area (Å²) in [5.41, 5.74) is 6.95. The van der Waals surface area contributed by atoms with Crippen LogP contribution < -0.4 is 5.73 Å². The first-order valence-electron chi connectivity index (χ1n) is 7.00. The van der Waals surface area contributed by atoms with E-state index in [0.29, 0.717) is 11.7 Å². The Hall–Kier alpha value is -2.02. The normalized spacial score (nSPS) is 17.0. The van der Waals surface area contributed by atoms with Crippen LogP contribution in [0.15, 0.2) is 28.3 Å². The minimum Gasteiger partial charge on any atom is -0.507 e. The third-order valence-electron chi connectivity index (χ3n) is 3.07. The van der Waals surface area contributed by atoms with Gasteiger partial charge in [-0.05, 0) is 29.7 Å². The molecule has 1 heterocycles. The molecule has 0 saturated carbocycles. The number of aromatic hydroxyl groups is 1. The second-order valence-corrected chi connectivity index (χ2v) is 6.41. The maximum Gasteiger partial charge on any atom is 0.252 e. The predicted octanol–water partition coefficient (Wildman–Crippen LogP) is 1.89. The molecule has 7 heteroatoms.